The minimum atomic E-state index is -3.58. The highest BCUT2D eigenvalue weighted by Crippen LogP contribution is 2.33. The maximum absolute atomic E-state index is 12.3. The molecular formula is C15H21Cl2N3O3S. The number of carbonyl (C=O) groups excluding carboxylic acids is 1. The van der Waals surface area contributed by atoms with Crippen LogP contribution < -0.4 is 4.31 Å². The van der Waals surface area contributed by atoms with E-state index in [9.17, 15) is 13.2 Å². The standard InChI is InChI=1S/C15H21Cl2N3O3S/c1-18-8-10-19(11-9-18)14(21)6-7-20(24(2,22)23)13-5-3-4-12(16)15(13)17/h3-5H,6-11H2,1-2H3. The number of amides is 1. The van der Waals surface area contributed by atoms with Crippen LogP contribution in [0, 0.1) is 0 Å². The molecule has 9 heteroatoms. The number of piperazine rings is 1. The summed E-state index contributed by atoms with van der Waals surface area (Å²) < 4.78 is 25.4. The number of anilines is 1. The number of hydrogen-bond donors (Lipinski definition) is 0. The summed E-state index contributed by atoms with van der Waals surface area (Å²) in [5.74, 6) is -0.0603. The predicted molar refractivity (Wildman–Crippen MR) is 97.3 cm³/mol. The molecule has 1 aliphatic rings. The van der Waals surface area contributed by atoms with Gasteiger partial charge in [0, 0.05) is 39.1 Å². The van der Waals surface area contributed by atoms with Crippen molar-refractivity contribution in [2.75, 3.05) is 50.3 Å². The molecule has 24 heavy (non-hydrogen) atoms. The van der Waals surface area contributed by atoms with Crippen LogP contribution in [0.2, 0.25) is 10.0 Å². The first-order valence-electron chi connectivity index (χ1n) is 7.58. The smallest absolute Gasteiger partial charge is 0.232 e. The molecule has 1 aliphatic heterocycles. The molecule has 1 amide bonds. The van der Waals surface area contributed by atoms with E-state index in [4.69, 9.17) is 23.2 Å². The first-order valence-corrected chi connectivity index (χ1v) is 10.2. The molecule has 1 fully saturated rings. The fraction of sp³-hybridized carbons (Fsp3) is 0.533. The molecule has 0 bridgehead atoms. The molecule has 134 valence electrons. The lowest BCUT2D eigenvalue weighted by Crippen LogP contribution is -2.48. The Morgan fingerprint density at radius 1 is 1.21 bits per heavy atom. The second-order valence-electron chi connectivity index (χ2n) is 5.84. The molecule has 0 saturated carbocycles. The van der Waals surface area contributed by atoms with Gasteiger partial charge in [-0.25, -0.2) is 8.42 Å². The molecular weight excluding hydrogens is 373 g/mol. The molecule has 6 nitrogen and oxygen atoms in total. The number of sulfonamides is 1. The topological polar surface area (TPSA) is 60.9 Å². The molecule has 1 heterocycles. The number of carbonyl (C=O) groups is 1. The van der Waals surface area contributed by atoms with Crippen LogP contribution in [0.1, 0.15) is 6.42 Å². The lowest BCUT2D eigenvalue weighted by molar-refractivity contribution is -0.132. The van der Waals surface area contributed by atoms with Crippen molar-refractivity contribution in [2.45, 2.75) is 6.42 Å². The van der Waals surface area contributed by atoms with Gasteiger partial charge in [-0.15, -0.1) is 0 Å². The summed E-state index contributed by atoms with van der Waals surface area (Å²) in [4.78, 5) is 16.3. The SMILES string of the molecule is CN1CCN(C(=O)CCN(c2cccc(Cl)c2Cl)S(C)(=O)=O)CC1. The number of halogens is 2. The van der Waals surface area contributed by atoms with Crippen LogP contribution in [0.25, 0.3) is 0 Å². The minimum absolute atomic E-state index is 0.0318. The Labute approximate surface area is 153 Å². The van der Waals surface area contributed by atoms with E-state index in [-0.39, 0.29) is 34.6 Å². The van der Waals surface area contributed by atoms with Crippen LogP contribution >= 0.6 is 23.2 Å². The van der Waals surface area contributed by atoms with Gasteiger partial charge in [-0.2, -0.15) is 0 Å². The first-order chi connectivity index (χ1) is 11.2. The highest BCUT2D eigenvalue weighted by molar-refractivity contribution is 7.92. The van der Waals surface area contributed by atoms with E-state index in [1.165, 1.54) is 0 Å². The lowest BCUT2D eigenvalue weighted by atomic mass is 10.2. The molecule has 1 aromatic carbocycles. The number of hydrogen-bond acceptors (Lipinski definition) is 4. The van der Waals surface area contributed by atoms with Crippen molar-refractivity contribution in [3.63, 3.8) is 0 Å². The summed E-state index contributed by atoms with van der Waals surface area (Å²) in [6.07, 6.45) is 1.18. The third kappa shape index (κ3) is 4.75. The summed E-state index contributed by atoms with van der Waals surface area (Å²) in [7, 11) is -1.57. The maximum atomic E-state index is 12.3. The van der Waals surface area contributed by atoms with Gasteiger partial charge in [0.25, 0.3) is 0 Å². The summed E-state index contributed by atoms with van der Waals surface area (Å²) in [6.45, 7) is 2.99. The van der Waals surface area contributed by atoms with Gasteiger partial charge in [-0.1, -0.05) is 29.3 Å². The van der Waals surface area contributed by atoms with Crippen LogP contribution in [0.15, 0.2) is 18.2 Å². The van der Waals surface area contributed by atoms with Crippen LogP contribution in [-0.2, 0) is 14.8 Å². The molecule has 0 aliphatic carbocycles. The third-order valence-corrected chi connectivity index (χ3v) is 5.97. The first kappa shape index (κ1) is 19.3. The van der Waals surface area contributed by atoms with Crippen molar-refractivity contribution in [1.29, 1.82) is 0 Å². The Morgan fingerprint density at radius 2 is 1.83 bits per heavy atom. The van der Waals surface area contributed by atoms with Crippen molar-refractivity contribution >= 4 is 44.8 Å². The normalized spacial score (nSPS) is 16.2. The van der Waals surface area contributed by atoms with E-state index in [1.807, 2.05) is 7.05 Å². The Morgan fingerprint density at radius 3 is 2.42 bits per heavy atom. The summed E-state index contributed by atoms with van der Waals surface area (Å²) >= 11 is 12.1. The molecule has 0 radical (unpaired) electrons. The van der Waals surface area contributed by atoms with Crippen LogP contribution in [-0.4, -0.2) is 70.2 Å². The van der Waals surface area contributed by atoms with Crippen LogP contribution in [0.5, 0.6) is 0 Å². The fourth-order valence-electron chi connectivity index (χ4n) is 2.56. The maximum Gasteiger partial charge on any atom is 0.232 e. The van der Waals surface area contributed by atoms with Crippen molar-refractivity contribution in [3.05, 3.63) is 28.2 Å². The predicted octanol–water partition coefficient (Wildman–Crippen LogP) is 1.92. The molecule has 0 unspecified atom stereocenters. The largest absolute Gasteiger partial charge is 0.340 e. The van der Waals surface area contributed by atoms with Gasteiger partial charge < -0.3 is 9.80 Å². The second kappa shape index (κ2) is 7.91. The average Bonchev–Trinajstić information content (AvgIpc) is 2.50. The highest BCUT2D eigenvalue weighted by Gasteiger charge is 2.24. The third-order valence-electron chi connectivity index (χ3n) is 3.98. The van der Waals surface area contributed by atoms with Gasteiger partial charge in [0.1, 0.15) is 0 Å². The van der Waals surface area contributed by atoms with E-state index in [0.717, 1.165) is 23.7 Å². The molecule has 2 rings (SSSR count). The molecule has 0 aromatic heterocycles. The zero-order valence-electron chi connectivity index (χ0n) is 13.7. The van der Waals surface area contributed by atoms with E-state index in [1.54, 1.807) is 23.1 Å². The molecule has 0 spiro atoms. The zero-order chi connectivity index (χ0) is 17.9. The zero-order valence-corrected chi connectivity index (χ0v) is 16.0. The molecule has 1 aromatic rings. The van der Waals surface area contributed by atoms with Crippen molar-refractivity contribution in [2.24, 2.45) is 0 Å². The van der Waals surface area contributed by atoms with Crippen molar-refractivity contribution < 1.29 is 13.2 Å². The quantitative estimate of drug-likeness (QED) is 0.766. The lowest BCUT2D eigenvalue weighted by Gasteiger charge is -2.33. The Bertz CT molecular complexity index is 704. The minimum Gasteiger partial charge on any atom is -0.340 e. The van der Waals surface area contributed by atoms with Gasteiger partial charge in [-0.3, -0.25) is 9.10 Å². The number of likely N-dealkylation sites (N-methyl/N-ethyl adjacent to an activating group) is 1. The highest BCUT2D eigenvalue weighted by atomic mass is 35.5. The number of benzene rings is 1. The van der Waals surface area contributed by atoms with Gasteiger partial charge in [0.05, 0.1) is 22.0 Å². The van der Waals surface area contributed by atoms with Crippen molar-refractivity contribution in [1.82, 2.24) is 9.80 Å². The van der Waals surface area contributed by atoms with Gasteiger partial charge >= 0.3 is 0 Å². The molecule has 0 atom stereocenters. The Hall–Kier alpha value is -1.02. The molecule has 1 saturated heterocycles. The number of rotatable bonds is 5. The number of nitrogens with zero attached hydrogens (tertiary/aromatic N) is 3. The Kier molecular flexibility index (Phi) is 6.36. The van der Waals surface area contributed by atoms with Crippen LogP contribution in [0.4, 0.5) is 5.69 Å². The van der Waals surface area contributed by atoms with E-state index < -0.39 is 10.0 Å². The summed E-state index contributed by atoms with van der Waals surface area (Å²) in [6, 6.07) is 4.79. The monoisotopic (exact) mass is 393 g/mol. The summed E-state index contributed by atoms with van der Waals surface area (Å²) in [5, 5.41) is 0.435. The Balaban J connectivity index is 2.11. The summed E-state index contributed by atoms with van der Waals surface area (Å²) in [5.41, 5.74) is 0.290. The van der Waals surface area contributed by atoms with E-state index in [2.05, 4.69) is 4.90 Å². The van der Waals surface area contributed by atoms with E-state index >= 15 is 0 Å². The van der Waals surface area contributed by atoms with E-state index in [0.29, 0.717) is 13.1 Å². The van der Waals surface area contributed by atoms with Crippen LogP contribution in [0.3, 0.4) is 0 Å². The van der Waals surface area contributed by atoms with Gasteiger partial charge in [-0.05, 0) is 19.2 Å². The fourth-order valence-corrected chi connectivity index (χ4v) is 3.94. The van der Waals surface area contributed by atoms with Crippen molar-refractivity contribution in [3.8, 4) is 0 Å². The van der Waals surface area contributed by atoms with Gasteiger partial charge in [0.2, 0.25) is 15.9 Å². The van der Waals surface area contributed by atoms with Gasteiger partial charge in [0.15, 0.2) is 0 Å². The molecule has 0 N–H and O–H groups in total. The second-order valence-corrected chi connectivity index (χ2v) is 8.53. The average molecular weight is 394 g/mol.